The van der Waals surface area contributed by atoms with Crippen molar-refractivity contribution >= 4 is 35.1 Å². The molecule has 0 bridgehead atoms. The number of hydrogen-bond donors (Lipinski definition) is 3. The van der Waals surface area contributed by atoms with E-state index in [9.17, 15) is 19.5 Å². The van der Waals surface area contributed by atoms with Crippen LogP contribution in [0.1, 0.15) is 28.5 Å². The fourth-order valence-corrected chi connectivity index (χ4v) is 4.04. The van der Waals surface area contributed by atoms with Crippen LogP contribution in [0.3, 0.4) is 0 Å². The Kier molecular flexibility index (Phi) is 6.86. The predicted molar refractivity (Wildman–Crippen MR) is 131 cm³/mol. The smallest absolute Gasteiger partial charge is 0.305 e. The van der Waals surface area contributed by atoms with E-state index in [-0.39, 0.29) is 12.1 Å². The lowest BCUT2D eigenvalue weighted by Gasteiger charge is -2.18. The van der Waals surface area contributed by atoms with Gasteiger partial charge < -0.3 is 10.4 Å². The third-order valence-corrected chi connectivity index (χ3v) is 5.89. The minimum Gasteiger partial charge on any atom is -0.481 e. The highest BCUT2D eigenvalue weighted by molar-refractivity contribution is 6.33. The third-order valence-electron chi connectivity index (χ3n) is 5.24. The average molecular weight is 496 g/mol. The number of hydrogen-bond acceptors (Lipinski definition) is 3. The summed E-state index contributed by atoms with van der Waals surface area (Å²) in [5.74, 6) is -1.70. The molecule has 1 heterocycles. The highest BCUT2D eigenvalue weighted by Crippen LogP contribution is 2.29. The number of rotatable bonds is 7. The summed E-state index contributed by atoms with van der Waals surface area (Å²) in [7, 11) is 0. The molecule has 1 amide bonds. The quantitative estimate of drug-likeness (QED) is 0.332. The van der Waals surface area contributed by atoms with E-state index >= 15 is 0 Å². The molecule has 0 aliphatic rings. The number of para-hydroxylation sites is 1. The van der Waals surface area contributed by atoms with Gasteiger partial charge in [-0.3, -0.25) is 19.5 Å². The van der Waals surface area contributed by atoms with Gasteiger partial charge in [0.1, 0.15) is 5.69 Å². The molecule has 34 heavy (non-hydrogen) atoms. The molecule has 1 aromatic heterocycles. The third kappa shape index (κ3) is 5.06. The summed E-state index contributed by atoms with van der Waals surface area (Å²) in [5.41, 5.74) is 2.19. The van der Waals surface area contributed by atoms with Crippen molar-refractivity contribution in [1.82, 2.24) is 15.1 Å². The van der Waals surface area contributed by atoms with Crippen molar-refractivity contribution in [2.75, 3.05) is 0 Å². The second-order valence-electron chi connectivity index (χ2n) is 7.52. The largest absolute Gasteiger partial charge is 0.481 e. The Labute approximate surface area is 204 Å². The van der Waals surface area contributed by atoms with Gasteiger partial charge in [-0.25, -0.2) is 4.68 Å². The number of halogens is 2. The number of nitrogens with zero attached hydrogens (tertiary/aromatic N) is 1. The lowest BCUT2D eigenvalue weighted by molar-refractivity contribution is -0.137. The Morgan fingerprint density at radius 2 is 1.59 bits per heavy atom. The SMILES string of the molecule is O=C(O)CC(NC(=O)c1cc(=O)n(-c2ccccc2Cl)[nH]1)c1ccc(-c2ccccc2Cl)cc1. The molecule has 4 rings (SSSR count). The number of H-pyrrole nitrogens is 1. The van der Waals surface area contributed by atoms with Gasteiger partial charge in [0.05, 0.1) is 23.2 Å². The number of carboxylic acids is 1. The van der Waals surface area contributed by atoms with Crippen molar-refractivity contribution in [2.45, 2.75) is 12.5 Å². The fourth-order valence-electron chi connectivity index (χ4n) is 3.58. The number of amides is 1. The summed E-state index contributed by atoms with van der Waals surface area (Å²) in [4.78, 5) is 36.8. The van der Waals surface area contributed by atoms with Crippen LogP contribution < -0.4 is 10.9 Å². The molecule has 4 aromatic rings. The molecule has 1 unspecified atom stereocenters. The average Bonchev–Trinajstić information content (AvgIpc) is 3.20. The number of nitrogens with one attached hydrogen (secondary N) is 2. The normalized spacial score (nSPS) is 11.7. The van der Waals surface area contributed by atoms with E-state index < -0.39 is 23.5 Å². The van der Waals surface area contributed by atoms with Crippen LogP contribution >= 0.6 is 23.2 Å². The van der Waals surface area contributed by atoms with Crippen LogP contribution in [0.15, 0.2) is 83.7 Å². The molecule has 1 atom stereocenters. The predicted octanol–water partition coefficient (Wildman–Crippen LogP) is 5.09. The van der Waals surface area contributed by atoms with E-state index in [1.165, 1.54) is 0 Å². The Hall–Kier alpha value is -3.81. The highest BCUT2D eigenvalue weighted by atomic mass is 35.5. The highest BCUT2D eigenvalue weighted by Gasteiger charge is 2.21. The topological polar surface area (TPSA) is 104 Å². The van der Waals surface area contributed by atoms with Crippen LogP contribution in [0, 0.1) is 0 Å². The summed E-state index contributed by atoms with van der Waals surface area (Å²) in [6, 6.07) is 21.5. The van der Waals surface area contributed by atoms with Crippen molar-refractivity contribution < 1.29 is 14.7 Å². The summed E-state index contributed by atoms with van der Waals surface area (Å²) >= 11 is 12.4. The van der Waals surface area contributed by atoms with E-state index in [1.54, 1.807) is 42.5 Å². The monoisotopic (exact) mass is 495 g/mol. The van der Waals surface area contributed by atoms with Gasteiger partial charge in [-0.2, -0.15) is 0 Å². The lowest BCUT2D eigenvalue weighted by Crippen LogP contribution is -2.30. The molecule has 0 fully saturated rings. The van der Waals surface area contributed by atoms with Gasteiger partial charge in [-0.1, -0.05) is 77.8 Å². The zero-order chi connectivity index (χ0) is 24.2. The first-order valence-electron chi connectivity index (χ1n) is 10.3. The number of aliphatic carboxylic acids is 1. The molecule has 9 heteroatoms. The fraction of sp³-hybridized carbons (Fsp3) is 0.0800. The second-order valence-corrected chi connectivity index (χ2v) is 8.34. The summed E-state index contributed by atoms with van der Waals surface area (Å²) in [6.45, 7) is 0. The number of carbonyl (C=O) groups excluding carboxylic acids is 1. The Balaban J connectivity index is 1.59. The number of aromatic amines is 1. The van der Waals surface area contributed by atoms with E-state index in [1.807, 2.05) is 30.3 Å². The van der Waals surface area contributed by atoms with Crippen LogP contribution in [-0.2, 0) is 4.79 Å². The zero-order valence-electron chi connectivity index (χ0n) is 17.7. The van der Waals surface area contributed by atoms with Crippen molar-refractivity contribution in [2.24, 2.45) is 0 Å². The van der Waals surface area contributed by atoms with Crippen molar-refractivity contribution in [3.05, 3.63) is 111 Å². The van der Waals surface area contributed by atoms with Crippen molar-refractivity contribution in [3.63, 3.8) is 0 Å². The minimum atomic E-state index is -1.08. The van der Waals surface area contributed by atoms with Gasteiger partial charge in [-0.05, 0) is 29.3 Å². The van der Waals surface area contributed by atoms with Gasteiger partial charge >= 0.3 is 5.97 Å². The maximum Gasteiger partial charge on any atom is 0.305 e. The second kappa shape index (κ2) is 9.99. The van der Waals surface area contributed by atoms with E-state index in [2.05, 4.69) is 10.4 Å². The standard InChI is InChI=1S/C25H19Cl2N3O4/c26-18-6-2-1-5-17(18)15-9-11-16(12-10-15)20(14-24(32)33)28-25(34)21-13-23(31)30(29-21)22-8-4-3-7-19(22)27/h1-13,20,29H,14H2,(H,28,34)(H,32,33). The summed E-state index contributed by atoms with van der Waals surface area (Å²) in [6.07, 6.45) is -0.341. The Bertz CT molecular complexity index is 1410. The lowest BCUT2D eigenvalue weighted by atomic mass is 9.99. The first-order chi connectivity index (χ1) is 16.3. The van der Waals surface area contributed by atoms with Crippen molar-refractivity contribution in [1.29, 1.82) is 0 Å². The molecular weight excluding hydrogens is 477 g/mol. The molecule has 0 saturated carbocycles. The summed E-state index contributed by atoms with van der Waals surface area (Å²) in [5, 5.41) is 15.7. The molecule has 3 aromatic carbocycles. The summed E-state index contributed by atoms with van der Waals surface area (Å²) < 4.78 is 1.15. The Morgan fingerprint density at radius 3 is 2.24 bits per heavy atom. The number of carbonyl (C=O) groups is 2. The number of carboxylic acid groups (broad SMARTS) is 1. The van der Waals surface area contributed by atoms with Gasteiger partial charge in [0.25, 0.3) is 11.5 Å². The van der Waals surface area contributed by atoms with Crippen LogP contribution in [0.25, 0.3) is 16.8 Å². The first-order valence-corrected chi connectivity index (χ1v) is 11.0. The van der Waals surface area contributed by atoms with Gasteiger partial charge in [0, 0.05) is 16.7 Å². The number of aromatic nitrogens is 2. The van der Waals surface area contributed by atoms with Gasteiger partial charge in [-0.15, -0.1) is 0 Å². The number of benzene rings is 3. The van der Waals surface area contributed by atoms with E-state index in [0.29, 0.717) is 21.3 Å². The van der Waals surface area contributed by atoms with Crippen LogP contribution in [-0.4, -0.2) is 26.8 Å². The molecule has 0 radical (unpaired) electrons. The maximum absolute atomic E-state index is 12.9. The molecule has 0 spiro atoms. The van der Waals surface area contributed by atoms with E-state index in [4.69, 9.17) is 23.2 Å². The first kappa shape index (κ1) is 23.4. The van der Waals surface area contributed by atoms with Gasteiger partial charge in [0.15, 0.2) is 0 Å². The molecule has 3 N–H and O–H groups in total. The zero-order valence-corrected chi connectivity index (χ0v) is 19.2. The molecule has 0 saturated heterocycles. The molecule has 0 aliphatic carbocycles. The maximum atomic E-state index is 12.9. The molecule has 7 nitrogen and oxygen atoms in total. The minimum absolute atomic E-state index is 0.0204. The molecule has 172 valence electrons. The van der Waals surface area contributed by atoms with Gasteiger partial charge in [0.2, 0.25) is 0 Å². The Morgan fingerprint density at radius 1 is 0.941 bits per heavy atom. The van der Waals surface area contributed by atoms with E-state index in [0.717, 1.165) is 21.9 Å². The van der Waals surface area contributed by atoms with Crippen molar-refractivity contribution in [3.8, 4) is 16.8 Å². The molecule has 0 aliphatic heterocycles. The van der Waals surface area contributed by atoms with Crippen LogP contribution in [0.2, 0.25) is 10.0 Å². The van der Waals surface area contributed by atoms with Crippen LogP contribution in [0.5, 0.6) is 0 Å². The van der Waals surface area contributed by atoms with Crippen LogP contribution in [0.4, 0.5) is 0 Å². The molecular formula is C25H19Cl2N3O4.